The average Bonchev–Trinajstić information content (AvgIpc) is 2.79. The lowest BCUT2D eigenvalue weighted by molar-refractivity contribution is 0.477. The number of aromatic nitrogens is 3. The molecule has 0 bridgehead atoms. The van der Waals surface area contributed by atoms with Crippen LogP contribution in [0.1, 0.15) is 19.2 Å². The first-order valence-corrected chi connectivity index (χ1v) is 5.52. The van der Waals surface area contributed by atoms with Gasteiger partial charge < -0.3 is 14.7 Å². The summed E-state index contributed by atoms with van der Waals surface area (Å²) in [6.07, 6.45) is 4.16. The Hall–Kier alpha value is -1.95. The molecule has 0 saturated carbocycles. The Kier molecular flexibility index (Phi) is 3.66. The lowest BCUT2D eigenvalue weighted by Gasteiger charge is -1.96. The van der Waals surface area contributed by atoms with Crippen molar-refractivity contribution in [1.29, 1.82) is 0 Å². The average molecular weight is 234 g/mol. The normalized spacial score (nSPS) is 10.6. The molecule has 0 aliphatic heterocycles. The largest absolute Gasteiger partial charge is 0.419 e. The summed E-state index contributed by atoms with van der Waals surface area (Å²) in [5.74, 6) is 0.733. The molecule has 0 fully saturated rings. The van der Waals surface area contributed by atoms with Crippen molar-refractivity contribution in [2.24, 2.45) is 0 Å². The van der Waals surface area contributed by atoms with E-state index < -0.39 is 0 Å². The third-order valence-corrected chi connectivity index (χ3v) is 2.22. The summed E-state index contributed by atoms with van der Waals surface area (Å²) in [5, 5.41) is 10.9. The van der Waals surface area contributed by atoms with Gasteiger partial charge in [0.1, 0.15) is 5.56 Å². The second kappa shape index (κ2) is 5.40. The van der Waals surface area contributed by atoms with E-state index in [2.05, 4.69) is 27.4 Å². The van der Waals surface area contributed by atoms with E-state index in [-0.39, 0.29) is 11.3 Å². The zero-order valence-electron chi connectivity index (χ0n) is 9.56. The van der Waals surface area contributed by atoms with Crippen molar-refractivity contribution in [3.05, 3.63) is 34.6 Å². The number of nitrogens with one attached hydrogen (secondary N) is 2. The lowest BCUT2D eigenvalue weighted by atomic mass is 10.3. The second-order valence-corrected chi connectivity index (χ2v) is 3.60. The van der Waals surface area contributed by atoms with E-state index in [1.165, 1.54) is 6.07 Å². The molecule has 17 heavy (non-hydrogen) atoms. The van der Waals surface area contributed by atoms with Gasteiger partial charge in [-0.2, -0.15) is 0 Å². The lowest BCUT2D eigenvalue weighted by Crippen LogP contribution is -2.13. The Morgan fingerprint density at radius 3 is 3.12 bits per heavy atom. The SMILES string of the molecule is CCCNCc1nnc(-c2c[nH]ccc2=O)o1. The first-order valence-electron chi connectivity index (χ1n) is 5.52. The maximum atomic E-state index is 11.5. The molecule has 0 unspecified atom stereocenters. The highest BCUT2D eigenvalue weighted by Crippen LogP contribution is 2.11. The predicted octanol–water partition coefficient (Wildman–Crippen LogP) is 0.924. The quantitative estimate of drug-likeness (QED) is 0.752. The number of rotatable bonds is 5. The van der Waals surface area contributed by atoms with Gasteiger partial charge in [-0.25, -0.2) is 0 Å². The molecule has 0 amide bonds. The van der Waals surface area contributed by atoms with Crippen molar-refractivity contribution in [1.82, 2.24) is 20.5 Å². The van der Waals surface area contributed by atoms with Crippen LogP contribution in [0, 0.1) is 0 Å². The van der Waals surface area contributed by atoms with Gasteiger partial charge in [0.15, 0.2) is 5.43 Å². The van der Waals surface area contributed by atoms with Crippen molar-refractivity contribution >= 4 is 0 Å². The first-order chi connectivity index (χ1) is 8.31. The van der Waals surface area contributed by atoms with Gasteiger partial charge in [-0.1, -0.05) is 6.92 Å². The molecule has 0 aromatic carbocycles. The van der Waals surface area contributed by atoms with E-state index in [9.17, 15) is 4.79 Å². The van der Waals surface area contributed by atoms with Gasteiger partial charge in [0.25, 0.3) is 5.89 Å². The summed E-state index contributed by atoms with van der Waals surface area (Å²) in [4.78, 5) is 14.3. The standard InChI is InChI=1S/C11H14N4O2/c1-2-4-12-7-10-14-15-11(17-10)8-6-13-5-3-9(8)16/h3,5-6,12H,2,4,7H2,1H3,(H,13,16). The zero-order valence-corrected chi connectivity index (χ0v) is 9.56. The van der Waals surface area contributed by atoms with E-state index in [4.69, 9.17) is 4.42 Å². The highest BCUT2D eigenvalue weighted by Gasteiger charge is 2.10. The fourth-order valence-corrected chi connectivity index (χ4v) is 1.39. The van der Waals surface area contributed by atoms with Gasteiger partial charge in [-0.3, -0.25) is 4.79 Å². The molecule has 0 spiro atoms. The van der Waals surface area contributed by atoms with E-state index >= 15 is 0 Å². The van der Waals surface area contributed by atoms with Crippen molar-refractivity contribution < 1.29 is 4.42 Å². The van der Waals surface area contributed by atoms with Crippen LogP contribution in [0.4, 0.5) is 0 Å². The van der Waals surface area contributed by atoms with Crippen LogP contribution in [-0.4, -0.2) is 21.7 Å². The molecule has 2 aromatic rings. The van der Waals surface area contributed by atoms with Crippen molar-refractivity contribution in [3.8, 4) is 11.5 Å². The molecule has 6 nitrogen and oxygen atoms in total. The van der Waals surface area contributed by atoms with E-state index in [0.29, 0.717) is 18.0 Å². The highest BCUT2D eigenvalue weighted by molar-refractivity contribution is 5.49. The molecule has 0 aliphatic carbocycles. The van der Waals surface area contributed by atoms with Gasteiger partial charge in [0.2, 0.25) is 5.89 Å². The molecule has 2 rings (SSSR count). The predicted molar refractivity (Wildman–Crippen MR) is 62.4 cm³/mol. The molecular formula is C11H14N4O2. The Morgan fingerprint density at radius 2 is 2.35 bits per heavy atom. The summed E-state index contributed by atoms with van der Waals surface area (Å²) in [6, 6.07) is 1.43. The molecule has 2 N–H and O–H groups in total. The topological polar surface area (TPSA) is 83.8 Å². The summed E-state index contributed by atoms with van der Waals surface area (Å²) >= 11 is 0. The number of hydrogen-bond acceptors (Lipinski definition) is 5. The second-order valence-electron chi connectivity index (χ2n) is 3.60. The third-order valence-electron chi connectivity index (χ3n) is 2.22. The number of aromatic amines is 1. The minimum Gasteiger partial charge on any atom is -0.419 e. The molecule has 0 aliphatic rings. The molecule has 2 heterocycles. The fraction of sp³-hybridized carbons (Fsp3) is 0.364. The van der Waals surface area contributed by atoms with Crippen molar-refractivity contribution in [2.75, 3.05) is 6.54 Å². The van der Waals surface area contributed by atoms with E-state index in [1.54, 1.807) is 12.4 Å². The fourth-order valence-electron chi connectivity index (χ4n) is 1.39. The monoisotopic (exact) mass is 234 g/mol. The molecule has 90 valence electrons. The van der Waals surface area contributed by atoms with Gasteiger partial charge in [-0.15, -0.1) is 10.2 Å². The molecular weight excluding hydrogens is 220 g/mol. The molecule has 0 saturated heterocycles. The highest BCUT2D eigenvalue weighted by atomic mass is 16.4. The van der Waals surface area contributed by atoms with Gasteiger partial charge in [-0.05, 0) is 13.0 Å². The Labute approximate surface area is 98.1 Å². The van der Waals surface area contributed by atoms with Crippen LogP contribution in [0.5, 0.6) is 0 Å². The van der Waals surface area contributed by atoms with Crippen LogP contribution in [-0.2, 0) is 6.54 Å². The van der Waals surface area contributed by atoms with Crippen molar-refractivity contribution in [3.63, 3.8) is 0 Å². The van der Waals surface area contributed by atoms with Crippen LogP contribution in [0.15, 0.2) is 27.7 Å². The Balaban J connectivity index is 2.13. The number of nitrogens with zero attached hydrogens (tertiary/aromatic N) is 2. The van der Waals surface area contributed by atoms with Crippen LogP contribution in [0.2, 0.25) is 0 Å². The Bertz CT molecular complexity index is 532. The van der Waals surface area contributed by atoms with Gasteiger partial charge >= 0.3 is 0 Å². The molecule has 2 aromatic heterocycles. The third kappa shape index (κ3) is 2.79. The summed E-state index contributed by atoms with van der Waals surface area (Å²) in [7, 11) is 0. The molecule has 0 radical (unpaired) electrons. The molecule has 0 atom stereocenters. The minimum absolute atomic E-state index is 0.138. The first kappa shape index (κ1) is 11.5. The Morgan fingerprint density at radius 1 is 1.47 bits per heavy atom. The van der Waals surface area contributed by atoms with Crippen LogP contribution >= 0.6 is 0 Å². The zero-order chi connectivity index (χ0) is 12.1. The van der Waals surface area contributed by atoms with Crippen LogP contribution in [0.25, 0.3) is 11.5 Å². The molecule has 6 heteroatoms. The summed E-state index contributed by atoms with van der Waals surface area (Å²) < 4.78 is 5.39. The summed E-state index contributed by atoms with van der Waals surface area (Å²) in [5.41, 5.74) is 0.252. The number of H-pyrrole nitrogens is 1. The number of pyridine rings is 1. The van der Waals surface area contributed by atoms with Gasteiger partial charge in [0, 0.05) is 18.5 Å². The van der Waals surface area contributed by atoms with E-state index in [1.807, 2.05) is 0 Å². The van der Waals surface area contributed by atoms with Crippen LogP contribution in [0.3, 0.4) is 0 Å². The smallest absolute Gasteiger partial charge is 0.253 e. The maximum absolute atomic E-state index is 11.5. The maximum Gasteiger partial charge on any atom is 0.253 e. The number of hydrogen-bond donors (Lipinski definition) is 2. The minimum atomic E-state index is -0.138. The van der Waals surface area contributed by atoms with Crippen LogP contribution < -0.4 is 10.7 Å². The van der Waals surface area contributed by atoms with Gasteiger partial charge in [0.05, 0.1) is 6.54 Å². The van der Waals surface area contributed by atoms with E-state index in [0.717, 1.165) is 13.0 Å². The summed E-state index contributed by atoms with van der Waals surface area (Å²) in [6.45, 7) is 3.49. The van der Waals surface area contributed by atoms with Crippen molar-refractivity contribution in [2.45, 2.75) is 19.9 Å².